The third kappa shape index (κ3) is 5.72. The van der Waals surface area contributed by atoms with Crippen LogP contribution in [0.15, 0.2) is 36.5 Å². The summed E-state index contributed by atoms with van der Waals surface area (Å²) in [6.07, 6.45) is 7.52. The van der Waals surface area contributed by atoms with E-state index in [1.54, 1.807) is 6.07 Å². The molecule has 0 aliphatic carbocycles. The summed E-state index contributed by atoms with van der Waals surface area (Å²) in [6.45, 7) is 3.23. The molecular formula is C21H29ClN4O3. The van der Waals surface area contributed by atoms with Crippen molar-refractivity contribution >= 4 is 24.0 Å². The van der Waals surface area contributed by atoms with Gasteiger partial charge in [-0.1, -0.05) is 12.1 Å². The lowest BCUT2D eigenvalue weighted by molar-refractivity contribution is -0.0109. The Bertz CT molecular complexity index is 786. The topological polar surface area (TPSA) is 77.4 Å². The standard InChI is InChI=1S/C21H28N4O3.ClH/c26-21(19-10-12-25(24-19)16-6-5-11-22-14-16)23-18-8-1-2-9-20(18)28-15-17-7-3-4-13-27-17;/h1-2,8-10,12,16-17,22H,3-7,11,13-15H2,(H,23,26);1H. The van der Waals surface area contributed by atoms with E-state index < -0.39 is 0 Å². The van der Waals surface area contributed by atoms with Gasteiger partial charge in [0.1, 0.15) is 12.4 Å². The molecule has 8 heteroatoms. The fourth-order valence-electron chi connectivity index (χ4n) is 3.73. The summed E-state index contributed by atoms with van der Waals surface area (Å²) in [6, 6.07) is 9.57. The minimum atomic E-state index is -0.229. The second kappa shape index (κ2) is 10.6. The third-order valence-electron chi connectivity index (χ3n) is 5.32. The van der Waals surface area contributed by atoms with Crippen LogP contribution in [0, 0.1) is 0 Å². The van der Waals surface area contributed by atoms with E-state index in [1.807, 2.05) is 35.1 Å². The normalized spacial score (nSPS) is 21.8. The number of hydrogen-bond donors (Lipinski definition) is 2. The summed E-state index contributed by atoms with van der Waals surface area (Å²) in [4.78, 5) is 12.7. The number of piperidine rings is 1. The quantitative estimate of drug-likeness (QED) is 0.748. The lowest BCUT2D eigenvalue weighted by atomic mass is 10.1. The number of carbonyl (C=O) groups is 1. The van der Waals surface area contributed by atoms with Gasteiger partial charge in [0.15, 0.2) is 5.69 Å². The Morgan fingerprint density at radius 3 is 2.93 bits per heavy atom. The van der Waals surface area contributed by atoms with Crippen LogP contribution >= 0.6 is 12.4 Å². The second-order valence-electron chi connectivity index (χ2n) is 7.43. The first-order valence-electron chi connectivity index (χ1n) is 10.2. The van der Waals surface area contributed by atoms with Gasteiger partial charge < -0.3 is 20.1 Å². The smallest absolute Gasteiger partial charge is 0.276 e. The predicted octanol–water partition coefficient (Wildman–Crippen LogP) is 3.43. The van der Waals surface area contributed by atoms with E-state index >= 15 is 0 Å². The maximum Gasteiger partial charge on any atom is 0.276 e. The molecule has 29 heavy (non-hydrogen) atoms. The Kier molecular flexibility index (Phi) is 7.91. The van der Waals surface area contributed by atoms with Crippen molar-refractivity contribution < 1.29 is 14.3 Å². The molecule has 1 aromatic carbocycles. The fraction of sp³-hybridized carbons (Fsp3) is 0.524. The number of nitrogens with zero attached hydrogens (tertiary/aromatic N) is 2. The molecule has 0 radical (unpaired) electrons. The van der Waals surface area contributed by atoms with Gasteiger partial charge >= 0.3 is 0 Å². The first kappa shape index (κ1) is 21.6. The van der Waals surface area contributed by atoms with Gasteiger partial charge in [-0.25, -0.2) is 0 Å². The number of nitrogens with one attached hydrogen (secondary N) is 2. The number of amides is 1. The molecule has 2 N–H and O–H groups in total. The van der Waals surface area contributed by atoms with E-state index in [0.29, 0.717) is 29.8 Å². The first-order chi connectivity index (χ1) is 13.8. The highest BCUT2D eigenvalue weighted by Crippen LogP contribution is 2.25. The number of hydrogen-bond acceptors (Lipinski definition) is 5. The maximum absolute atomic E-state index is 12.7. The molecule has 2 atom stereocenters. The Balaban J connectivity index is 0.00000240. The molecule has 1 amide bonds. The minimum absolute atomic E-state index is 0. The zero-order valence-corrected chi connectivity index (χ0v) is 17.3. The molecule has 2 unspecified atom stereocenters. The molecule has 2 aliphatic heterocycles. The van der Waals surface area contributed by atoms with Crippen molar-refractivity contribution in [3.8, 4) is 5.75 Å². The molecular weight excluding hydrogens is 392 g/mol. The van der Waals surface area contributed by atoms with Crippen LogP contribution in [0.1, 0.15) is 48.6 Å². The number of rotatable bonds is 6. The van der Waals surface area contributed by atoms with Gasteiger partial charge in [0, 0.05) is 19.3 Å². The summed E-state index contributed by atoms with van der Waals surface area (Å²) in [5.41, 5.74) is 1.06. The van der Waals surface area contributed by atoms with E-state index in [-0.39, 0.29) is 24.4 Å². The van der Waals surface area contributed by atoms with Crippen LogP contribution in [-0.2, 0) is 4.74 Å². The van der Waals surface area contributed by atoms with Crippen molar-refractivity contribution in [3.63, 3.8) is 0 Å². The van der Waals surface area contributed by atoms with Crippen molar-refractivity contribution in [1.29, 1.82) is 0 Å². The van der Waals surface area contributed by atoms with Crippen LogP contribution in [0.4, 0.5) is 5.69 Å². The predicted molar refractivity (Wildman–Crippen MR) is 114 cm³/mol. The molecule has 3 heterocycles. The number of para-hydroxylation sites is 2. The molecule has 2 aromatic rings. The molecule has 2 aliphatic rings. The van der Waals surface area contributed by atoms with Crippen molar-refractivity contribution in [2.45, 2.75) is 44.2 Å². The molecule has 7 nitrogen and oxygen atoms in total. The fourth-order valence-corrected chi connectivity index (χ4v) is 3.73. The summed E-state index contributed by atoms with van der Waals surface area (Å²) >= 11 is 0. The van der Waals surface area contributed by atoms with Gasteiger partial charge in [0.2, 0.25) is 0 Å². The van der Waals surface area contributed by atoms with Gasteiger partial charge in [-0.05, 0) is 56.8 Å². The second-order valence-corrected chi connectivity index (χ2v) is 7.43. The Morgan fingerprint density at radius 1 is 1.24 bits per heavy atom. The lowest BCUT2D eigenvalue weighted by Gasteiger charge is -2.23. The number of halogens is 1. The summed E-state index contributed by atoms with van der Waals surface area (Å²) in [7, 11) is 0. The largest absolute Gasteiger partial charge is 0.489 e. The Hall–Kier alpha value is -2.09. The average Bonchev–Trinajstić information content (AvgIpc) is 3.25. The van der Waals surface area contributed by atoms with Gasteiger partial charge in [-0.3, -0.25) is 9.48 Å². The highest BCUT2D eigenvalue weighted by molar-refractivity contribution is 6.03. The van der Waals surface area contributed by atoms with E-state index in [1.165, 1.54) is 6.42 Å². The number of ether oxygens (including phenoxy) is 2. The number of aromatic nitrogens is 2. The highest BCUT2D eigenvalue weighted by atomic mass is 35.5. The molecule has 158 valence electrons. The summed E-state index contributed by atoms with van der Waals surface area (Å²) in [5.74, 6) is 0.424. The number of anilines is 1. The summed E-state index contributed by atoms with van der Waals surface area (Å²) < 4.78 is 13.6. The molecule has 2 saturated heterocycles. The highest BCUT2D eigenvalue weighted by Gasteiger charge is 2.19. The number of carbonyl (C=O) groups excluding carboxylic acids is 1. The van der Waals surface area contributed by atoms with Crippen LogP contribution in [0.25, 0.3) is 0 Å². The lowest BCUT2D eigenvalue weighted by Crippen LogP contribution is -2.32. The average molecular weight is 421 g/mol. The van der Waals surface area contributed by atoms with E-state index in [9.17, 15) is 4.79 Å². The van der Waals surface area contributed by atoms with Crippen LogP contribution in [0.5, 0.6) is 5.75 Å². The summed E-state index contributed by atoms with van der Waals surface area (Å²) in [5, 5.41) is 10.8. The molecule has 1 aromatic heterocycles. The number of benzene rings is 1. The van der Waals surface area contributed by atoms with Crippen molar-refractivity contribution in [3.05, 3.63) is 42.2 Å². The van der Waals surface area contributed by atoms with E-state index in [2.05, 4.69) is 15.7 Å². The molecule has 0 saturated carbocycles. The molecule has 0 spiro atoms. The van der Waals surface area contributed by atoms with Crippen LogP contribution < -0.4 is 15.4 Å². The van der Waals surface area contributed by atoms with E-state index in [0.717, 1.165) is 45.4 Å². The van der Waals surface area contributed by atoms with E-state index in [4.69, 9.17) is 9.47 Å². The van der Waals surface area contributed by atoms with Crippen LogP contribution in [-0.4, -0.2) is 48.1 Å². The zero-order chi connectivity index (χ0) is 19.2. The Morgan fingerprint density at radius 2 is 2.14 bits per heavy atom. The van der Waals surface area contributed by atoms with Crippen molar-refractivity contribution in [2.75, 3.05) is 31.6 Å². The van der Waals surface area contributed by atoms with Crippen LogP contribution in [0.3, 0.4) is 0 Å². The van der Waals surface area contributed by atoms with Crippen molar-refractivity contribution in [1.82, 2.24) is 15.1 Å². The maximum atomic E-state index is 12.7. The third-order valence-corrected chi connectivity index (χ3v) is 5.32. The zero-order valence-electron chi connectivity index (χ0n) is 16.5. The Labute approximate surface area is 177 Å². The van der Waals surface area contributed by atoms with Gasteiger partial charge in [-0.2, -0.15) is 5.10 Å². The first-order valence-corrected chi connectivity index (χ1v) is 10.2. The van der Waals surface area contributed by atoms with Gasteiger partial charge in [0.05, 0.1) is 17.8 Å². The molecule has 4 rings (SSSR count). The SMILES string of the molecule is Cl.O=C(Nc1ccccc1OCC1CCCCO1)c1ccn(C2CCCNC2)n1. The van der Waals surface area contributed by atoms with Crippen molar-refractivity contribution in [2.24, 2.45) is 0 Å². The van der Waals surface area contributed by atoms with Gasteiger partial charge in [-0.15, -0.1) is 12.4 Å². The monoisotopic (exact) mass is 420 g/mol. The van der Waals surface area contributed by atoms with Crippen LogP contribution in [0.2, 0.25) is 0 Å². The minimum Gasteiger partial charge on any atom is -0.489 e. The van der Waals surface area contributed by atoms with Gasteiger partial charge in [0.25, 0.3) is 5.91 Å². The molecule has 2 fully saturated rings. The molecule has 0 bridgehead atoms.